The topological polar surface area (TPSA) is 24.9 Å². The van der Waals surface area contributed by atoms with Crippen molar-refractivity contribution >= 4 is 0 Å². The molecule has 0 fully saturated rings. The van der Waals surface area contributed by atoms with Crippen molar-refractivity contribution in [2.75, 3.05) is 13.6 Å². The lowest BCUT2D eigenvalue weighted by Crippen LogP contribution is -2.25. The second-order valence-corrected chi connectivity index (χ2v) is 4.12. The monoisotopic (exact) mass is 192 g/mol. The molecule has 1 N–H and O–H groups in total. The summed E-state index contributed by atoms with van der Waals surface area (Å²) in [5.74, 6) is 1.43. The average molecular weight is 192 g/mol. The van der Waals surface area contributed by atoms with Crippen LogP contribution in [0.5, 0.6) is 0 Å². The van der Waals surface area contributed by atoms with Gasteiger partial charge in [0.05, 0.1) is 0 Å². The SMILES string of the molecule is CNCC(Cc1ccncc1)C(C)C. The van der Waals surface area contributed by atoms with Crippen molar-refractivity contribution < 1.29 is 0 Å². The van der Waals surface area contributed by atoms with Crippen LogP contribution in [-0.4, -0.2) is 18.6 Å². The van der Waals surface area contributed by atoms with Gasteiger partial charge in [-0.15, -0.1) is 0 Å². The second-order valence-electron chi connectivity index (χ2n) is 4.12. The molecular weight excluding hydrogens is 172 g/mol. The Morgan fingerprint density at radius 2 is 1.93 bits per heavy atom. The van der Waals surface area contributed by atoms with Crippen molar-refractivity contribution in [3.05, 3.63) is 30.1 Å². The van der Waals surface area contributed by atoms with Gasteiger partial charge in [-0.05, 0) is 49.5 Å². The first-order valence-corrected chi connectivity index (χ1v) is 5.27. The molecule has 1 unspecified atom stereocenters. The zero-order valence-electron chi connectivity index (χ0n) is 9.33. The van der Waals surface area contributed by atoms with E-state index in [1.165, 1.54) is 5.56 Å². The maximum Gasteiger partial charge on any atom is 0.0270 e. The van der Waals surface area contributed by atoms with Crippen LogP contribution in [0.15, 0.2) is 24.5 Å². The van der Waals surface area contributed by atoms with E-state index in [1.54, 1.807) is 0 Å². The van der Waals surface area contributed by atoms with E-state index in [0.29, 0.717) is 5.92 Å². The summed E-state index contributed by atoms with van der Waals surface area (Å²) in [5.41, 5.74) is 1.38. The molecule has 1 aromatic heterocycles. The molecule has 1 aromatic rings. The van der Waals surface area contributed by atoms with Crippen molar-refractivity contribution in [3.63, 3.8) is 0 Å². The zero-order valence-corrected chi connectivity index (χ0v) is 9.33. The molecule has 1 atom stereocenters. The van der Waals surface area contributed by atoms with Gasteiger partial charge in [-0.25, -0.2) is 0 Å². The average Bonchev–Trinajstić information content (AvgIpc) is 2.18. The third-order valence-corrected chi connectivity index (χ3v) is 2.66. The van der Waals surface area contributed by atoms with Gasteiger partial charge in [0.15, 0.2) is 0 Å². The van der Waals surface area contributed by atoms with E-state index in [2.05, 4.69) is 36.3 Å². The molecule has 0 saturated heterocycles. The summed E-state index contributed by atoms with van der Waals surface area (Å²) in [6.45, 7) is 5.65. The molecule has 0 amide bonds. The summed E-state index contributed by atoms with van der Waals surface area (Å²) in [6.07, 6.45) is 4.87. The third-order valence-electron chi connectivity index (χ3n) is 2.66. The molecule has 0 aromatic carbocycles. The molecule has 0 aliphatic carbocycles. The van der Waals surface area contributed by atoms with Gasteiger partial charge in [0.2, 0.25) is 0 Å². The summed E-state index contributed by atoms with van der Waals surface area (Å²) in [6, 6.07) is 4.20. The molecule has 78 valence electrons. The Morgan fingerprint density at radius 3 is 2.43 bits per heavy atom. The van der Waals surface area contributed by atoms with E-state index in [-0.39, 0.29) is 0 Å². The standard InChI is InChI=1S/C12H20N2/c1-10(2)12(9-13-3)8-11-4-6-14-7-5-11/h4-7,10,12-13H,8-9H2,1-3H3. The Balaban J connectivity index is 2.55. The molecule has 0 aliphatic rings. The Kier molecular flexibility index (Phi) is 4.60. The molecular formula is C12H20N2. The highest BCUT2D eigenvalue weighted by Crippen LogP contribution is 2.15. The first-order valence-electron chi connectivity index (χ1n) is 5.27. The smallest absolute Gasteiger partial charge is 0.0270 e. The van der Waals surface area contributed by atoms with Crippen LogP contribution in [0.1, 0.15) is 19.4 Å². The minimum atomic E-state index is 0.711. The van der Waals surface area contributed by atoms with Crippen molar-refractivity contribution in [3.8, 4) is 0 Å². The fourth-order valence-electron chi connectivity index (χ4n) is 1.63. The number of aromatic nitrogens is 1. The third kappa shape index (κ3) is 3.46. The van der Waals surface area contributed by atoms with Gasteiger partial charge in [-0.3, -0.25) is 4.98 Å². The Hall–Kier alpha value is -0.890. The van der Waals surface area contributed by atoms with Gasteiger partial charge in [-0.2, -0.15) is 0 Å². The minimum absolute atomic E-state index is 0.711. The molecule has 1 heterocycles. The summed E-state index contributed by atoms with van der Waals surface area (Å²) in [5, 5.41) is 3.25. The number of nitrogens with zero attached hydrogens (tertiary/aromatic N) is 1. The van der Waals surface area contributed by atoms with Crippen LogP contribution in [0.25, 0.3) is 0 Å². The second kappa shape index (κ2) is 5.76. The van der Waals surface area contributed by atoms with E-state index in [0.717, 1.165) is 18.9 Å². The number of pyridine rings is 1. The molecule has 0 spiro atoms. The molecule has 0 aliphatic heterocycles. The Labute approximate surface area is 86.8 Å². The predicted molar refractivity (Wildman–Crippen MR) is 60.2 cm³/mol. The number of hydrogen-bond donors (Lipinski definition) is 1. The molecule has 1 rings (SSSR count). The van der Waals surface area contributed by atoms with Crippen LogP contribution in [0.4, 0.5) is 0 Å². The predicted octanol–water partition coefficient (Wildman–Crippen LogP) is 2.12. The van der Waals surface area contributed by atoms with Crippen molar-refractivity contribution in [2.24, 2.45) is 11.8 Å². The molecule has 14 heavy (non-hydrogen) atoms. The largest absolute Gasteiger partial charge is 0.319 e. The maximum atomic E-state index is 4.03. The van der Waals surface area contributed by atoms with E-state index in [1.807, 2.05) is 19.4 Å². The fourth-order valence-corrected chi connectivity index (χ4v) is 1.63. The summed E-state index contributed by atoms with van der Waals surface area (Å²) in [7, 11) is 2.02. The molecule has 2 nitrogen and oxygen atoms in total. The highest BCUT2D eigenvalue weighted by atomic mass is 14.8. The zero-order chi connectivity index (χ0) is 10.4. The molecule has 0 saturated carbocycles. The van der Waals surface area contributed by atoms with Crippen molar-refractivity contribution in [1.29, 1.82) is 0 Å². The summed E-state index contributed by atoms with van der Waals surface area (Å²) < 4.78 is 0. The van der Waals surface area contributed by atoms with E-state index in [4.69, 9.17) is 0 Å². The van der Waals surface area contributed by atoms with Crippen LogP contribution in [-0.2, 0) is 6.42 Å². The summed E-state index contributed by atoms with van der Waals surface area (Å²) in [4.78, 5) is 4.03. The first kappa shape index (κ1) is 11.2. The van der Waals surface area contributed by atoms with E-state index >= 15 is 0 Å². The van der Waals surface area contributed by atoms with Crippen LogP contribution in [0.3, 0.4) is 0 Å². The van der Waals surface area contributed by atoms with Gasteiger partial charge in [0.1, 0.15) is 0 Å². The number of nitrogens with one attached hydrogen (secondary N) is 1. The van der Waals surface area contributed by atoms with Gasteiger partial charge >= 0.3 is 0 Å². The van der Waals surface area contributed by atoms with Crippen molar-refractivity contribution in [1.82, 2.24) is 10.3 Å². The van der Waals surface area contributed by atoms with Crippen LogP contribution < -0.4 is 5.32 Å². The lowest BCUT2D eigenvalue weighted by molar-refractivity contribution is 0.370. The minimum Gasteiger partial charge on any atom is -0.319 e. The highest BCUT2D eigenvalue weighted by Gasteiger charge is 2.12. The van der Waals surface area contributed by atoms with Crippen LogP contribution in [0, 0.1) is 11.8 Å². The first-order chi connectivity index (χ1) is 6.74. The number of rotatable bonds is 5. The van der Waals surface area contributed by atoms with Gasteiger partial charge < -0.3 is 5.32 Å². The van der Waals surface area contributed by atoms with Gasteiger partial charge in [0.25, 0.3) is 0 Å². The van der Waals surface area contributed by atoms with Gasteiger partial charge in [-0.1, -0.05) is 13.8 Å². The van der Waals surface area contributed by atoms with E-state index in [9.17, 15) is 0 Å². The lowest BCUT2D eigenvalue weighted by atomic mass is 9.89. The van der Waals surface area contributed by atoms with E-state index < -0.39 is 0 Å². The summed E-state index contributed by atoms with van der Waals surface area (Å²) >= 11 is 0. The van der Waals surface area contributed by atoms with Crippen LogP contribution >= 0.6 is 0 Å². The fraction of sp³-hybridized carbons (Fsp3) is 0.583. The maximum absolute atomic E-state index is 4.03. The van der Waals surface area contributed by atoms with Crippen LogP contribution in [0.2, 0.25) is 0 Å². The quantitative estimate of drug-likeness (QED) is 0.773. The Morgan fingerprint density at radius 1 is 1.29 bits per heavy atom. The molecule has 2 heteroatoms. The van der Waals surface area contributed by atoms with Crippen molar-refractivity contribution in [2.45, 2.75) is 20.3 Å². The number of hydrogen-bond acceptors (Lipinski definition) is 2. The van der Waals surface area contributed by atoms with Gasteiger partial charge in [0, 0.05) is 12.4 Å². The highest BCUT2D eigenvalue weighted by molar-refractivity contribution is 5.10. The molecule has 0 bridgehead atoms. The normalized spacial score (nSPS) is 13.1. The molecule has 0 radical (unpaired) electrons. The Bertz CT molecular complexity index is 244. The lowest BCUT2D eigenvalue weighted by Gasteiger charge is -2.20.